The lowest BCUT2D eigenvalue weighted by atomic mass is 9.72. The van der Waals surface area contributed by atoms with Crippen molar-refractivity contribution in [2.24, 2.45) is 11.3 Å². The first kappa shape index (κ1) is 21.5. The van der Waals surface area contributed by atoms with Crippen LogP contribution in [0.5, 0.6) is 0 Å². The van der Waals surface area contributed by atoms with E-state index in [0.29, 0.717) is 10.8 Å². The van der Waals surface area contributed by atoms with Crippen molar-refractivity contribution in [3.05, 3.63) is 51.2 Å². The predicted molar refractivity (Wildman–Crippen MR) is 114 cm³/mol. The Bertz CT molecular complexity index is 1030. The van der Waals surface area contributed by atoms with Crippen LogP contribution in [0.2, 0.25) is 0 Å². The van der Waals surface area contributed by atoms with E-state index in [1.165, 1.54) is 46.0 Å². The summed E-state index contributed by atoms with van der Waals surface area (Å²) >= 11 is 1.48. The smallest absolute Gasteiger partial charge is 0.267 e. The molecule has 0 bridgehead atoms. The van der Waals surface area contributed by atoms with Crippen LogP contribution in [0.3, 0.4) is 0 Å². The summed E-state index contributed by atoms with van der Waals surface area (Å²) < 4.78 is 23.0. The summed E-state index contributed by atoms with van der Waals surface area (Å²) in [4.78, 5) is 26.6. The molecule has 0 spiro atoms. The van der Waals surface area contributed by atoms with Crippen molar-refractivity contribution in [1.82, 2.24) is 10.9 Å². The monoisotopic (exact) mass is 434 g/mol. The van der Waals surface area contributed by atoms with E-state index in [0.717, 1.165) is 25.5 Å². The normalized spacial score (nSPS) is 16.8. The van der Waals surface area contributed by atoms with E-state index in [1.807, 2.05) is 6.07 Å². The van der Waals surface area contributed by atoms with Crippen LogP contribution in [0.1, 0.15) is 57.7 Å². The molecular formula is C21H26N2O4S2. The summed E-state index contributed by atoms with van der Waals surface area (Å²) in [5.41, 5.74) is 6.56. The molecule has 0 aliphatic heterocycles. The number of sulfone groups is 1. The highest BCUT2D eigenvalue weighted by Crippen LogP contribution is 2.40. The second kappa shape index (κ2) is 7.91. The summed E-state index contributed by atoms with van der Waals surface area (Å²) in [5.74, 6) is -0.263. The Kier molecular flexibility index (Phi) is 5.87. The summed E-state index contributed by atoms with van der Waals surface area (Å²) in [6.45, 7) is 6.75. The first-order valence-corrected chi connectivity index (χ1v) is 12.2. The number of aryl methyl sites for hydroxylation is 1. The Balaban J connectivity index is 1.62. The number of hydrogen-bond donors (Lipinski definition) is 2. The van der Waals surface area contributed by atoms with Crippen molar-refractivity contribution in [2.75, 3.05) is 6.26 Å². The third kappa shape index (κ3) is 5.05. The minimum Gasteiger partial charge on any atom is -0.267 e. The van der Waals surface area contributed by atoms with Crippen LogP contribution in [0.4, 0.5) is 0 Å². The lowest BCUT2D eigenvalue weighted by Crippen LogP contribution is -2.41. The molecule has 2 amide bonds. The van der Waals surface area contributed by atoms with Gasteiger partial charge in [0.1, 0.15) is 0 Å². The molecule has 0 fully saturated rings. The van der Waals surface area contributed by atoms with Crippen molar-refractivity contribution < 1.29 is 18.0 Å². The van der Waals surface area contributed by atoms with E-state index in [1.54, 1.807) is 0 Å². The number of benzene rings is 1. The third-order valence-corrected chi connectivity index (χ3v) is 7.73. The van der Waals surface area contributed by atoms with E-state index in [2.05, 4.69) is 31.6 Å². The molecule has 2 aromatic rings. The molecule has 2 N–H and O–H groups in total. The first-order chi connectivity index (χ1) is 13.4. The lowest BCUT2D eigenvalue weighted by Gasteiger charge is -2.33. The standard InChI is InChI=1S/C21H26N2O4S2/c1-21(2,3)15-7-10-17-14(11-15)12-18(28-17)20(25)23-22-19(24)13-5-8-16(9-6-13)29(4,26)27/h5-6,8-9,12,15H,7,10-11H2,1-4H3,(H,22,24)(H,23,25). The highest BCUT2D eigenvalue weighted by molar-refractivity contribution is 7.90. The van der Waals surface area contributed by atoms with Gasteiger partial charge in [0.15, 0.2) is 9.84 Å². The van der Waals surface area contributed by atoms with Gasteiger partial charge in [0, 0.05) is 16.7 Å². The second-order valence-corrected chi connectivity index (χ2v) is 11.7. The Morgan fingerprint density at radius 2 is 1.69 bits per heavy atom. The molecule has 6 nitrogen and oxygen atoms in total. The van der Waals surface area contributed by atoms with Gasteiger partial charge in [0.25, 0.3) is 11.8 Å². The van der Waals surface area contributed by atoms with Crippen LogP contribution in [0.15, 0.2) is 35.2 Å². The molecule has 1 heterocycles. The molecule has 1 aromatic carbocycles. The van der Waals surface area contributed by atoms with E-state index in [4.69, 9.17) is 0 Å². The summed E-state index contributed by atoms with van der Waals surface area (Å²) in [5, 5.41) is 0. The Hall–Kier alpha value is -2.19. The van der Waals surface area contributed by atoms with Crippen LogP contribution < -0.4 is 10.9 Å². The van der Waals surface area contributed by atoms with Gasteiger partial charge in [-0.25, -0.2) is 8.42 Å². The van der Waals surface area contributed by atoms with Crippen molar-refractivity contribution in [2.45, 2.75) is 44.9 Å². The number of hydrogen-bond acceptors (Lipinski definition) is 5. The number of hydrazine groups is 1. The van der Waals surface area contributed by atoms with E-state index in [-0.39, 0.29) is 21.8 Å². The number of thiophene rings is 1. The minimum absolute atomic E-state index is 0.135. The fourth-order valence-electron chi connectivity index (χ4n) is 3.48. The topological polar surface area (TPSA) is 92.3 Å². The summed E-state index contributed by atoms with van der Waals surface area (Å²) in [7, 11) is -3.32. The molecule has 0 saturated carbocycles. The van der Waals surface area contributed by atoms with Gasteiger partial charge < -0.3 is 0 Å². The van der Waals surface area contributed by atoms with Crippen LogP contribution in [-0.2, 0) is 22.7 Å². The number of carbonyl (C=O) groups is 2. The number of rotatable bonds is 3. The number of carbonyl (C=O) groups excluding carboxylic acids is 2. The van der Waals surface area contributed by atoms with Gasteiger partial charge in [-0.15, -0.1) is 11.3 Å². The number of amides is 2. The Morgan fingerprint density at radius 3 is 2.28 bits per heavy atom. The molecule has 29 heavy (non-hydrogen) atoms. The average molecular weight is 435 g/mol. The SMILES string of the molecule is CC(C)(C)C1CCc2sc(C(=O)NNC(=O)c3ccc(S(C)(=O)=O)cc3)cc2C1. The average Bonchev–Trinajstić information content (AvgIpc) is 3.08. The maximum absolute atomic E-state index is 12.5. The second-order valence-electron chi connectivity index (χ2n) is 8.57. The van der Waals surface area contributed by atoms with Crippen LogP contribution >= 0.6 is 11.3 Å². The predicted octanol–water partition coefficient (Wildman–Crippen LogP) is 3.38. The molecule has 156 valence electrons. The van der Waals surface area contributed by atoms with Crippen molar-refractivity contribution in [1.29, 1.82) is 0 Å². The molecule has 1 aliphatic rings. The molecule has 1 atom stereocenters. The molecule has 1 aromatic heterocycles. The lowest BCUT2D eigenvalue weighted by molar-refractivity contribution is 0.0849. The zero-order chi connectivity index (χ0) is 21.4. The van der Waals surface area contributed by atoms with Crippen molar-refractivity contribution in [3.8, 4) is 0 Å². The van der Waals surface area contributed by atoms with Crippen LogP contribution in [0, 0.1) is 11.3 Å². The first-order valence-electron chi connectivity index (χ1n) is 9.47. The molecule has 1 unspecified atom stereocenters. The van der Waals surface area contributed by atoms with E-state index >= 15 is 0 Å². The Labute approximate surface area is 175 Å². The molecule has 0 radical (unpaired) electrons. The molecule has 8 heteroatoms. The summed E-state index contributed by atoms with van der Waals surface area (Å²) in [6.07, 6.45) is 4.18. The maximum atomic E-state index is 12.5. The largest absolute Gasteiger partial charge is 0.279 e. The van der Waals surface area contributed by atoms with Crippen molar-refractivity contribution in [3.63, 3.8) is 0 Å². The highest BCUT2D eigenvalue weighted by Gasteiger charge is 2.30. The molecular weight excluding hydrogens is 408 g/mol. The van der Waals surface area contributed by atoms with E-state index < -0.39 is 15.7 Å². The number of fused-ring (bicyclic) bond motifs is 1. The van der Waals surface area contributed by atoms with Gasteiger partial charge in [0.2, 0.25) is 0 Å². The van der Waals surface area contributed by atoms with E-state index in [9.17, 15) is 18.0 Å². The minimum atomic E-state index is -3.32. The van der Waals surface area contributed by atoms with Gasteiger partial charge in [0.05, 0.1) is 9.77 Å². The van der Waals surface area contributed by atoms with Gasteiger partial charge >= 0.3 is 0 Å². The van der Waals surface area contributed by atoms with Gasteiger partial charge in [-0.1, -0.05) is 20.8 Å². The maximum Gasteiger partial charge on any atom is 0.279 e. The molecule has 1 aliphatic carbocycles. The van der Waals surface area contributed by atoms with Gasteiger partial charge in [-0.2, -0.15) is 0 Å². The van der Waals surface area contributed by atoms with Crippen molar-refractivity contribution >= 4 is 33.0 Å². The fraction of sp³-hybridized carbons (Fsp3) is 0.429. The summed E-state index contributed by atoms with van der Waals surface area (Å²) in [6, 6.07) is 7.49. The van der Waals surface area contributed by atoms with Gasteiger partial charge in [-0.05, 0) is 66.5 Å². The zero-order valence-electron chi connectivity index (χ0n) is 17.0. The van der Waals surface area contributed by atoms with Crippen LogP contribution in [-0.4, -0.2) is 26.5 Å². The quantitative estimate of drug-likeness (QED) is 0.725. The number of nitrogens with one attached hydrogen (secondary N) is 2. The van der Waals surface area contributed by atoms with Crippen LogP contribution in [0.25, 0.3) is 0 Å². The molecule has 0 saturated heterocycles. The molecule has 3 rings (SSSR count). The highest BCUT2D eigenvalue weighted by atomic mass is 32.2. The third-order valence-electron chi connectivity index (χ3n) is 5.37. The zero-order valence-corrected chi connectivity index (χ0v) is 18.7. The fourth-order valence-corrected chi connectivity index (χ4v) is 5.21. The Morgan fingerprint density at radius 1 is 1.07 bits per heavy atom. The van der Waals surface area contributed by atoms with Gasteiger partial charge in [-0.3, -0.25) is 20.4 Å².